The molecule has 2 aromatic heterocycles. The van der Waals surface area contributed by atoms with E-state index >= 15 is 0 Å². The number of oxazole rings is 1. The average molecular weight is 260 g/mol. The van der Waals surface area contributed by atoms with Crippen LogP contribution in [0.25, 0.3) is 0 Å². The van der Waals surface area contributed by atoms with E-state index in [-0.39, 0.29) is 0 Å². The zero-order valence-corrected chi connectivity index (χ0v) is 11.5. The lowest BCUT2D eigenvalue weighted by Gasteiger charge is -2.27. The van der Waals surface area contributed by atoms with Gasteiger partial charge in [-0.05, 0) is 26.3 Å². The second-order valence-electron chi connectivity index (χ2n) is 5.46. The van der Waals surface area contributed by atoms with Crippen molar-refractivity contribution in [1.29, 1.82) is 0 Å². The van der Waals surface area contributed by atoms with Crippen molar-refractivity contribution in [3.05, 3.63) is 36.1 Å². The van der Waals surface area contributed by atoms with Crippen molar-refractivity contribution < 1.29 is 4.42 Å². The summed E-state index contributed by atoms with van der Waals surface area (Å²) < 4.78 is 7.79. The molecule has 5 heteroatoms. The van der Waals surface area contributed by atoms with Crippen LogP contribution in [0.2, 0.25) is 0 Å². The number of aryl methyl sites for hydroxylation is 2. The number of aromatic nitrogens is 3. The van der Waals surface area contributed by atoms with E-state index in [0.717, 1.165) is 37.7 Å². The second-order valence-corrected chi connectivity index (χ2v) is 5.46. The van der Waals surface area contributed by atoms with Gasteiger partial charge in [0.25, 0.3) is 0 Å². The summed E-state index contributed by atoms with van der Waals surface area (Å²) >= 11 is 0. The lowest BCUT2D eigenvalue weighted by molar-refractivity contribution is 0.213. The number of rotatable bonds is 4. The van der Waals surface area contributed by atoms with Crippen LogP contribution in [0.5, 0.6) is 0 Å². The fourth-order valence-corrected chi connectivity index (χ4v) is 2.80. The third kappa shape index (κ3) is 2.87. The van der Waals surface area contributed by atoms with Gasteiger partial charge < -0.3 is 8.98 Å². The normalized spacial score (nSPS) is 18.8. The average Bonchev–Trinajstić information content (AvgIpc) is 2.97. The molecule has 0 saturated heterocycles. The minimum atomic E-state index is 0.683. The van der Waals surface area contributed by atoms with Gasteiger partial charge in [0.1, 0.15) is 11.6 Å². The highest BCUT2D eigenvalue weighted by Gasteiger charge is 2.20. The Labute approximate surface area is 113 Å². The molecule has 0 spiro atoms. The molecule has 102 valence electrons. The number of hydrogen-bond acceptors (Lipinski definition) is 4. The molecule has 3 rings (SSSR count). The fraction of sp³-hybridized carbons (Fsp3) is 0.571. The molecule has 0 saturated carbocycles. The quantitative estimate of drug-likeness (QED) is 0.842. The molecule has 0 aromatic carbocycles. The molecule has 3 heterocycles. The second kappa shape index (κ2) is 5.17. The summed E-state index contributed by atoms with van der Waals surface area (Å²) in [5, 5.41) is 0. The molecule has 0 N–H and O–H groups in total. The van der Waals surface area contributed by atoms with Gasteiger partial charge in [0.05, 0.1) is 12.7 Å². The van der Waals surface area contributed by atoms with Gasteiger partial charge in [-0.1, -0.05) is 0 Å². The molecule has 0 aliphatic carbocycles. The Morgan fingerprint density at radius 2 is 2.37 bits per heavy atom. The predicted octanol–water partition coefficient (Wildman–Crippen LogP) is 1.87. The fourth-order valence-electron chi connectivity index (χ4n) is 2.80. The lowest BCUT2D eigenvalue weighted by Crippen LogP contribution is -2.31. The summed E-state index contributed by atoms with van der Waals surface area (Å²) in [6.07, 6.45) is 8.06. The Balaban J connectivity index is 1.54. The van der Waals surface area contributed by atoms with E-state index in [1.807, 2.05) is 13.1 Å². The first kappa shape index (κ1) is 12.4. The predicted molar refractivity (Wildman–Crippen MR) is 71.6 cm³/mol. The van der Waals surface area contributed by atoms with E-state index in [1.54, 1.807) is 6.20 Å². The van der Waals surface area contributed by atoms with E-state index < -0.39 is 0 Å². The zero-order valence-electron chi connectivity index (χ0n) is 11.5. The topological polar surface area (TPSA) is 47.1 Å². The molecular formula is C14H20N4O. The standard InChI is InChI=1S/C14H20N4O/c1-11-7-16-14(19-11)10-17(2)8-12-3-4-13-15-5-6-18(13)9-12/h5-7,12H,3-4,8-10H2,1-2H3/t12-/m1/s1. The lowest BCUT2D eigenvalue weighted by atomic mass is 9.99. The van der Waals surface area contributed by atoms with Gasteiger partial charge in [-0.3, -0.25) is 4.90 Å². The van der Waals surface area contributed by atoms with Crippen LogP contribution in [0.4, 0.5) is 0 Å². The number of fused-ring (bicyclic) bond motifs is 1. The Kier molecular flexibility index (Phi) is 3.38. The number of imidazole rings is 1. The van der Waals surface area contributed by atoms with Crippen LogP contribution in [-0.4, -0.2) is 33.0 Å². The van der Waals surface area contributed by atoms with Crippen LogP contribution in [0.15, 0.2) is 23.0 Å². The maximum atomic E-state index is 5.52. The number of nitrogens with zero attached hydrogens (tertiary/aromatic N) is 4. The molecule has 5 nitrogen and oxygen atoms in total. The maximum Gasteiger partial charge on any atom is 0.208 e. The van der Waals surface area contributed by atoms with E-state index in [0.29, 0.717) is 5.92 Å². The van der Waals surface area contributed by atoms with Crippen LogP contribution >= 0.6 is 0 Å². The molecule has 0 bridgehead atoms. The van der Waals surface area contributed by atoms with Gasteiger partial charge in [0.2, 0.25) is 5.89 Å². The Morgan fingerprint density at radius 1 is 1.47 bits per heavy atom. The summed E-state index contributed by atoms with van der Waals surface area (Å²) in [6, 6.07) is 0. The highest BCUT2D eigenvalue weighted by Crippen LogP contribution is 2.19. The van der Waals surface area contributed by atoms with Crippen LogP contribution in [0.3, 0.4) is 0 Å². The smallest absolute Gasteiger partial charge is 0.208 e. The highest BCUT2D eigenvalue weighted by atomic mass is 16.4. The molecule has 0 amide bonds. The van der Waals surface area contributed by atoms with Gasteiger partial charge in [-0.15, -0.1) is 0 Å². The zero-order chi connectivity index (χ0) is 13.2. The van der Waals surface area contributed by atoms with Gasteiger partial charge in [-0.25, -0.2) is 9.97 Å². The maximum absolute atomic E-state index is 5.52. The van der Waals surface area contributed by atoms with Crippen molar-refractivity contribution >= 4 is 0 Å². The first-order chi connectivity index (χ1) is 9.20. The molecule has 1 atom stereocenters. The summed E-state index contributed by atoms with van der Waals surface area (Å²) in [5.74, 6) is 3.59. The van der Waals surface area contributed by atoms with Gasteiger partial charge >= 0.3 is 0 Å². The highest BCUT2D eigenvalue weighted by molar-refractivity contribution is 4.97. The minimum absolute atomic E-state index is 0.683. The third-order valence-electron chi connectivity index (χ3n) is 3.68. The van der Waals surface area contributed by atoms with E-state index in [1.165, 1.54) is 12.2 Å². The molecule has 2 aromatic rings. The third-order valence-corrected chi connectivity index (χ3v) is 3.68. The largest absolute Gasteiger partial charge is 0.445 e. The SMILES string of the molecule is Cc1cnc(CN(C)C[C@H]2CCc3nccn3C2)o1. The summed E-state index contributed by atoms with van der Waals surface area (Å²) in [4.78, 5) is 10.9. The minimum Gasteiger partial charge on any atom is -0.445 e. The van der Waals surface area contributed by atoms with Crippen molar-refractivity contribution in [1.82, 2.24) is 19.4 Å². The van der Waals surface area contributed by atoms with Crippen LogP contribution in [0.1, 0.15) is 23.9 Å². The van der Waals surface area contributed by atoms with Crippen LogP contribution in [-0.2, 0) is 19.5 Å². The van der Waals surface area contributed by atoms with Crippen molar-refractivity contribution in [3.8, 4) is 0 Å². The Morgan fingerprint density at radius 3 is 3.16 bits per heavy atom. The molecule has 19 heavy (non-hydrogen) atoms. The monoisotopic (exact) mass is 260 g/mol. The van der Waals surface area contributed by atoms with Gasteiger partial charge in [0.15, 0.2) is 0 Å². The van der Waals surface area contributed by atoms with Crippen LogP contribution < -0.4 is 0 Å². The Bertz CT molecular complexity index is 545. The molecule has 1 aliphatic rings. The molecule has 1 aliphatic heterocycles. The van der Waals surface area contributed by atoms with Gasteiger partial charge in [-0.2, -0.15) is 0 Å². The first-order valence-electron chi connectivity index (χ1n) is 6.80. The van der Waals surface area contributed by atoms with E-state index in [9.17, 15) is 0 Å². The molecule has 0 fully saturated rings. The Hall–Kier alpha value is -1.62. The van der Waals surface area contributed by atoms with E-state index in [2.05, 4.69) is 32.7 Å². The van der Waals surface area contributed by atoms with Crippen molar-refractivity contribution in [3.63, 3.8) is 0 Å². The molecular weight excluding hydrogens is 240 g/mol. The van der Waals surface area contributed by atoms with Crippen molar-refractivity contribution in [2.75, 3.05) is 13.6 Å². The van der Waals surface area contributed by atoms with Crippen LogP contribution in [0, 0.1) is 12.8 Å². The first-order valence-corrected chi connectivity index (χ1v) is 6.80. The molecule has 0 radical (unpaired) electrons. The van der Waals surface area contributed by atoms with E-state index in [4.69, 9.17) is 4.42 Å². The summed E-state index contributed by atoms with van der Waals surface area (Å²) in [7, 11) is 2.13. The van der Waals surface area contributed by atoms with Gasteiger partial charge in [0, 0.05) is 31.9 Å². The van der Waals surface area contributed by atoms with Crippen molar-refractivity contribution in [2.24, 2.45) is 5.92 Å². The van der Waals surface area contributed by atoms with Crippen molar-refractivity contribution in [2.45, 2.75) is 32.9 Å². The molecule has 0 unspecified atom stereocenters. The summed E-state index contributed by atoms with van der Waals surface area (Å²) in [6.45, 7) is 4.85. The summed E-state index contributed by atoms with van der Waals surface area (Å²) in [5.41, 5.74) is 0. The number of hydrogen-bond donors (Lipinski definition) is 0.